The number of alkyl halides is 3. The second-order valence-corrected chi connectivity index (χ2v) is 16.6. The summed E-state index contributed by atoms with van der Waals surface area (Å²) in [5.41, 5.74) is 8.28. The van der Waals surface area contributed by atoms with Crippen molar-refractivity contribution in [2.45, 2.75) is 39.7 Å². The minimum absolute atomic E-state index is 0.0245. The van der Waals surface area contributed by atoms with Gasteiger partial charge in [-0.25, -0.2) is 15.0 Å². The van der Waals surface area contributed by atoms with E-state index in [1.54, 1.807) is 32.7 Å². The molecule has 0 bridgehead atoms. The SMILES string of the molecule is COc1ccc(CN(Cc2ccc(OC)cc2)c2cc(C)c(C(F)(F)F)c(-c3cc4c5c(c3Cl)NCN=C5N(Cc3cccnc3N)C=C(OCC3(C)CSC3)O4)n2)cc1. The first-order valence-corrected chi connectivity index (χ1v) is 20.7. The fourth-order valence-corrected chi connectivity index (χ4v) is 8.70. The lowest BCUT2D eigenvalue weighted by atomic mass is 9.96. The van der Waals surface area contributed by atoms with Gasteiger partial charge in [-0.05, 0) is 66.1 Å². The summed E-state index contributed by atoms with van der Waals surface area (Å²) in [5.74, 6) is 4.67. The number of aryl methyl sites for hydroxylation is 1. The second kappa shape index (κ2) is 16.7. The van der Waals surface area contributed by atoms with Crippen LogP contribution in [0.15, 0.2) is 96.1 Å². The summed E-state index contributed by atoms with van der Waals surface area (Å²) >= 11 is 9.08. The van der Waals surface area contributed by atoms with Crippen LogP contribution in [0.5, 0.6) is 17.2 Å². The van der Waals surface area contributed by atoms with Gasteiger partial charge in [0.25, 0.3) is 0 Å². The Morgan fingerprint density at radius 3 is 2.25 bits per heavy atom. The van der Waals surface area contributed by atoms with Crippen LogP contribution < -0.4 is 30.2 Å². The Morgan fingerprint density at radius 1 is 1.00 bits per heavy atom. The zero-order valence-corrected chi connectivity index (χ0v) is 35.0. The average Bonchev–Trinajstić information content (AvgIpc) is 3.37. The molecule has 60 heavy (non-hydrogen) atoms. The van der Waals surface area contributed by atoms with E-state index in [0.29, 0.717) is 59.9 Å². The molecule has 3 aromatic carbocycles. The van der Waals surface area contributed by atoms with Crippen molar-refractivity contribution >= 4 is 46.5 Å². The maximum Gasteiger partial charge on any atom is 0.418 e. The van der Waals surface area contributed by atoms with Gasteiger partial charge < -0.3 is 39.8 Å². The maximum atomic E-state index is 15.3. The Balaban J connectivity index is 1.26. The van der Waals surface area contributed by atoms with Gasteiger partial charge in [-0.3, -0.25) is 0 Å². The van der Waals surface area contributed by atoms with Crippen LogP contribution in [0.2, 0.25) is 5.02 Å². The van der Waals surface area contributed by atoms with Crippen molar-refractivity contribution in [1.29, 1.82) is 0 Å². The van der Waals surface area contributed by atoms with Crippen molar-refractivity contribution in [2.75, 3.05) is 55.0 Å². The number of rotatable bonds is 13. The lowest BCUT2D eigenvalue weighted by Gasteiger charge is -2.37. The highest BCUT2D eigenvalue weighted by atomic mass is 35.5. The zero-order valence-electron chi connectivity index (χ0n) is 33.4. The number of halogens is 4. The molecule has 3 aliphatic heterocycles. The van der Waals surface area contributed by atoms with Crippen molar-refractivity contribution in [3.63, 3.8) is 0 Å². The van der Waals surface area contributed by atoms with Gasteiger partial charge in [-0.2, -0.15) is 24.9 Å². The topological polar surface area (TPSA) is 120 Å². The van der Waals surface area contributed by atoms with Gasteiger partial charge in [-0.15, -0.1) is 0 Å². The van der Waals surface area contributed by atoms with Crippen molar-refractivity contribution in [2.24, 2.45) is 10.4 Å². The standard InChI is InChI=1S/C44H43ClF3N7O4S/c1-26-16-34(54(18-27-7-11-30(56-3)12-8-27)19-28-9-13-31(57-4)14-10-28)53-39(37(26)44(46,47)48)32-17-33-36-40(38(32)45)51-25-52-42(36)55(20-29-6-5-15-50-41(29)49)21-35(59-33)58-22-43(2)23-60-24-43/h5-17,21,51H,18-20,22-25H2,1-4H3,(H2,49,50). The molecule has 3 N–H and O–H groups in total. The van der Waals surface area contributed by atoms with E-state index in [0.717, 1.165) is 28.2 Å². The zero-order chi connectivity index (χ0) is 42.2. The summed E-state index contributed by atoms with van der Waals surface area (Å²) in [7, 11) is 3.18. The molecule has 0 atom stereocenters. The Labute approximate surface area is 355 Å². The maximum absolute atomic E-state index is 15.3. The Hall–Kier alpha value is -5.80. The quantitative estimate of drug-likeness (QED) is 0.118. The van der Waals surface area contributed by atoms with E-state index in [4.69, 9.17) is 46.3 Å². The largest absolute Gasteiger partial charge is 0.497 e. The predicted octanol–water partition coefficient (Wildman–Crippen LogP) is 9.52. The molecule has 0 amide bonds. The highest BCUT2D eigenvalue weighted by molar-refractivity contribution is 8.00. The summed E-state index contributed by atoms with van der Waals surface area (Å²) in [6.45, 7) is 4.91. The molecule has 312 valence electrons. The third-order valence-electron chi connectivity index (χ3n) is 10.5. The molecule has 5 aromatic rings. The molecule has 0 aliphatic carbocycles. The van der Waals surface area contributed by atoms with Gasteiger partial charge >= 0.3 is 12.1 Å². The first-order chi connectivity index (χ1) is 28.8. The Morgan fingerprint density at radius 2 is 1.67 bits per heavy atom. The van der Waals surface area contributed by atoms with Crippen LogP contribution in [0.1, 0.15) is 40.3 Å². The normalized spacial score (nSPS) is 15.3. The van der Waals surface area contributed by atoms with Crippen molar-refractivity contribution in [3.8, 4) is 28.5 Å². The molecule has 0 radical (unpaired) electrons. The highest BCUT2D eigenvalue weighted by Gasteiger charge is 2.40. The van der Waals surface area contributed by atoms with Crippen molar-refractivity contribution in [1.82, 2.24) is 14.9 Å². The fourth-order valence-electron chi connectivity index (χ4n) is 7.33. The first kappa shape index (κ1) is 41.0. The summed E-state index contributed by atoms with van der Waals surface area (Å²) in [6.07, 6.45) is -1.48. The predicted molar refractivity (Wildman–Crippen MR) is 230 cm³/mol. The van der Waals surface area contributed by atoms with Crippen LogP contribution in [0.4, 0.5) is 30.5 Å². The number of nitrogens with two attached hydrogens (primary N) is 1. The van der Waals surface area contributed by atoms with Crippen LogP contribution in [0, 0.1) is 12.3 Å². The molecule has 3 aliphatic rings. The number of hydrogen-bond acceptors (Lipinski definition) is 12. The summed E-state index contributed by atoms with van der Waals surface area (Å²) in [6, 6.07) is 21.6. The van der Waals surface area contributed by atoms with Crippen LogP contribution in [-0.2, 0) is 30.5 Å². The van der Waals surface area contributed by atoms with Crippen LogP contribution in [-0.4, -0.2) is 59.7 Å². The number of anilines is 3. The van der Waals surface area contributed by atoms with E-state index in [1.807, 2.05) is 76.2 Å². The Bertz CT molecular complexity index is 2410. The number of nitrogen functional groups attached to an aromatic ring is 1. The number of methoxy groups -OCH3 is 2. The fraction of sp³-hybridized carbons (Fsp3) is 0.295. The number of thioether (sulfide) groups is 1. The number of aromatic nitrogens is 2. The van der Waals surface area contributed by atoms with Crippen LogP contribution >= 0.6 is 23.4 Å². The van der Waals surface area contributed by atoms with Crippen molar-refractivity contribution < 1.29 is 32.1 Å². The number of nitrogens with zero attached hydrogens (tertiary/aromatic N) is 5. The third-order valence-corrected chi connectivity index (χ3v) is 12.7. The van der Waals surface area contributed by atoms with Crippen LogP contribution in [0.3, 0.4) is 0 Å². The van der Waals surface area contributed by atoms with E-state index in [-0.39, 0.29) is 52.2 Å². The highest BCUT2D eigenvalue weighted by Crippen LogP contribution is 2.49. The van der Waals surface area contributed by atoms with E-state index in [1.165, 1.54) is 19.1 Å². The molecule has 2 aromatic heterocycles. The van der Waals surface area contributed by atoms with Gasteiger partial charge in [0.1, 0.15) is 41.4 Å². The molecular formula is C44H43ClF3N7O4S. The second-order valence-electron chi connectivity index (χ2n) is 15.2. The summed E-state index contributed by atoms with van der Waals surface area (Å²) in [4.78, 5) is 17.7. The lowest BCUT2D eigenvalue weighted by molar-refractivity contribution is -0.137. The van der Waals surface area contributed by atoms with E-state index in [2.05, 4.69) is 17.2 Å². The summed E-state index contributed by atoms with van der Waals surface area (Å²) in [5, 5.41) is 3.25. The van der Waals surface area contributed by atoms with E-state index < -0.39 is 11.7 Å². The van der Waals surface area contributed by atoms with Gasteiger partial charge in [0.15, 0.2) is 0 Å². The average molecular weight is 858 g/mol. The van der Waals surface area contributed by atoms with Crippen molar-refractivity contribution in [3.05, 3.63) is 130 Å². The monoisotopic (exact) mass is 857 g/mol. The number of benzene rings is 3. The van der Waals surface area contributed by atoms with Gasteiger partial charge in [0, 0.05) is 47.3 Å². The number of nitrogens with one attached hydrogen (secondary N) is 1. The van der Waals surface area contributed by atoms with Gasteiger partial charge in [-0.1, -0.05) is 48.9 Å². The Kier molecular flexibility index (Phi) is 11.4. The molecule has 11 nitrogen and oxygen atoms in total. The molecule has 1 fully saturated rings. The lowest BCUT2D eigenvalue weighted by Crippen LogP contribution is -2.37. The molecule has 8 rings (SSSR count). The minimum Gasteiger partial charge on any atom is -0.497 e. The van der Waals surface area contributed by atoms with E-state index in [9.17, 15) is 0 Å². The molecule has 0 saturated carbocycles. The minimum atomic E-state index is -4.79. The van der Waals surface area contributed by atoms with Gasteiger partial charge in [0.05, 0.1) is 61.1 Å². The number of aliphatic imine (C=N–C) groups is 1. The molecule has 1 saturated heterocycles. The summed E-state index contributed by atoms with van der Waals surface area (Å²) < 4.78 is 69.6. The number of ether oxygens (including phenoxy) is 4. The van der Waals surface area contributed by atoms with E-state index >= 15 is 13.2 Å². The number of amidine groups is 1. The van der Waals surface area contributed by atoms with Gasteiger partial charge in [0.2, 0.25) is 0 Å². The third kappa shape index (κ3) is 8.46. The molecule has 5 heterocycles. The number of pyridine rings is 2. The van der Waals surface area contributed by atoms with Crippen LogP contribution in [0.25, 0.3) is 11.3 Å². The first-order valence-electron chi connectivity index (χ1n) is 19.1. The molecule has 0 unspecified atom stereocenters. The smallest absolute Gasteiger partial charge is 0.418 e. The molecule has 0 spiro atoms. The molecule has 16 heteroatoms. The molecular weight excluding hydrogens is 815 g/mol. The number of hydrogen-bond donors (Lipinski definition) is 2.